The molecule has 0 fully saturated rings. The molecule has 0 spiro atoms. The molecule has 1 aliphatic rings. The maximum absolute atomic E-state index is 6.09. The van der Waals surface area contributed by atoms with E-state index in [1.54, 1.807) is 0 Å². The van der Waals surface area contributed by atoms with Gasteiger partial charge in [-0.15, -0.1) is 0 Å². The number of rotatable bonds is 2. The average molecular weight is 295 g/mol. The van der Waals surface area contributed by atoms with E-state index >= 15 is 0 Å². The molecule has 1 heterocycles. The molecule has 102 valence electrons. The van der Waals surface area contributed by atoms with Gasteiger partial charge < -0.3 is 5.32 Å². The molecule has 2 nitrogen and oxygen atoms in total. The molecule has 0 amide bonds. The van der Waals surface area contributed by atoms with Gasteiger partial charge in [0.05, 0.1) is 11.0 Å². The summed E-state index contributed by atoms with van der Waals surface area (Å²) in [4.78, 5) is 3.22. The topological polar surface area (TPSA) is 15.3 Å². The molecule has 1 aromatic rings. The first-order valence-electron chi connectivity index (χ1n) is 6.44. The lowest BCUT2D eigenvalue weighted by molar-refractivity contribution is 0.276. The summed E-state index contributed by atoms with van der Waals surface area (Å²) in [5.41, 5.74) is 3.59. The molecule has 1 atom stereocenters. The summed E-state index contributed by atoms with van der Waals surface area (Å²) in [6.07, 6.45) is 2.23. The summed E-state index contributed by atoms with van der Waals surface area (Å²) < 4.78 is 0. The first kappa shape index (κ1) is 14.5. The van der Waals surface area contributed by atoms with Crippen LogP contribution in [-0.2, 0) is 6.54 Å². The van der Waals surface area contributed by atoms with E-state index in [9.17, 15) is 0 Å². The quantitative estimate of drug-likeness (QED) is 0.648. The Morgan fingerprint density at radius 2 is 2.26 bits per heavy atom. The molecule has 0 radical (unpaired) electrons. The van der Waals surface area contributed by atoms with E-state index < -0.39 is 0 Å². The van der Waals surface area contributed by atoms with E-state index in [1.807, 2.05) is 18.2 Å². The molecule has 0 saturated heterocycles. The fourth-order valence-electron chi connectivity index (χ4n) is 2.10. The van der Waals surface area contributed by atoms with Crippen LogP contribution >= 0.6 is 23.8 Å². The van der Waals surface area contributed by atoms with Crippen molar-refractivity contribution in [1.29, 1.82) is 0 Å². The number of nitrogens with zero attached hydrogens (tertiary/aromatic N) is 1. The van der Waals surface area contributed by atoms with Crippen LogP contribution in [0.3, 0.4) is 0 Å². The highest BCUT2D eigenvalue weighted by atomic mass is 35.5. The van der Waals surface area contributed by atoms with Crippen LogP contribution in [0, 0.1) is 0 Å². The molecule has 2 rings (SSSR count). The third-order valence-electron chi connectivity index (χ3n) is 3.36. The number of nitrogens with one attached hydrogen (secondary N) is 1. The SMILES string of the molecule is CC(C)=CCN1Cc2cc(Cl)ccc2NC(=S)C1C. The van der Waals surface area contributed by atoms with E-state index in [-0.39, 0.29) is 6.04 Å². The van der Waals surface area contributed by atoms with Gasteiger partial charge in [0.2, 0.25) is 0 Å². The van der Waals surface area contributed by atoms with Gasteiger partial charge in [-0.3, -0.25) is 4.90 Å². The number of thiocarbonyl (C=S) groups is 1. The molecule has 19 heavy (non-hydrogen) atoms. The maximum Gasteiger partial charge on any atom is 0.0969 e. The van der Waals surface area contributed by atoms with Gasteiger partial charge in [0.15, 0.2) is 0 Å². The predicted molar refractivity (Wildman–Crippen MR) is 87.0 cm³/mol. The van der Waals surface area contributed by atoms with Crippen molar-refractivity contribution in [3.63, 3.8) is 0 Å². The van der Waals surface area contributed by atoms with Crippen molar-refractivity contribution >= 4 is 34.5 Å². The Kier molecular flexibility index (Phi) is 4.61. The standard InChI is InChI=1S/C15H19ClN2S/c1-10(2)6-7-18-9-12-8-13(16)4-5-14(12)17-15(19)11(18)3/h4-6,8,11H,7,9H2,1-3H3,(H,17,19). The number of hydrogen-bond donors (Lipinski definition) is 1. The summed E-state index contributed by atoms with van der Waals surface area (Å²) in [6, 6.07) is 6.13. The first-order valence-corrected chi connectivity index (χ1v) is 7.22. The van der Waals surface area contributed by atoms with Crippen LogP contribution in [-0.4, -0.2) is 22.5 Å². The minimum absolute atomic E-state index is 0.219. The second-order valence-electron chi connectivity index (χ2n) is 5.18. The smallest absolute Gasteiger partial charge is 0.0969 e. The van der Waals surface area contributed by atoms with E-state index in [2.05, 4.69) is 37.1 Å². The lowest BCUT2D eigenvalue weighted by Gasteiger charge is -2.25. The Balaban J connectivity index is 2.30. The fourth-order valence-corrected chi connectivity index (χ4v) is 2.55. The minimum Gasteiger partial charge on any atom is -0.348 e. The normalized spacial score (nSPS) is 19.4. The Morgan fingerprint density at radius 1 is 1.53 bits per heavy atom. The van der Waals surface area contributed by atoms with Crippen LogP contribution < -0.4 is 5.32 Å². The molecule has 0 bridgehead atoms. The number of anilines is 1. The van der Waals surface area contributed by atoms with Gasteiger partial charge >= 0.3 is 0 Å². The minimum atomic E-state index is 0.219. The highest BCUT2D eigenvalue weighted by Crippen LogP contribution is 2.26. The molecule has 1 aromatic carbocycles. The van der Waals surface area contributed by atoms with Crippen LogP contribution in [0.4, 0.5) is 5.69 Å². The highest BCUT2D eigenvalue weighted by molar-refractivity contribution is 7.80. The summed E-state index contributed by atoms with van der Waals surface area (Å²) in [5, 5.41) is 4.09. The average Bonchev–Trinajstić information content (AvgIpc) is 2.46. The third-order valence-corrected chi connectivity index (χ3v) is 4.04. The molecule has 1 aliphatic heterocycles. The Bertz CT molecular complexity index is 521. The van der Waals surface area contributed by atoms with Gasteiger partial charge in [0.25, 0.3) is 0 Å². The van der Waals surface area contributed by atoms with Crippen LogP contribution in [0.5, 0.6) is 0 Å². The largest absolute Gasteiger partial charge is 0.348 e. The van der Waals surface area contributed by atoms with Gasteiger partial charge in [-0.2, -0.15) is 0 Å². The van der Waals surface area contributed by atoms with Crippen LogP contribution in [0.2, 0.25) is 5.02 Å². The van der Waals surface area contributed by atoms with Gasteiger partial charge in [-0.05, 0) is 44.5 Å². The van der Waals surface area contributed by atoms with Crippen molar-refractivity contribution in [3.05, 3.63) is 40.4 Å². The Labute approximate surface area is 125 Å². The molecule has 0 aliphatic carbocycles. The van der Waals surface area contributed by atoms with E-state index in [1.165, 1.54) is 11.1 Å². The second-order valence-corrected chi connectivity index (χ2v) is 6.05. The zero-order valence-electron chi connectivity index (χ0n) is 11.5. The Morgan fingerprint density at radius 3 is 2.95 bits per heavy atom. The summed E-state index contributed by atoms with van der Waals surface area (Å²) in [6.45, 7) is 8.13. The van der Waals surface area contributed by atoms with Crippen molar-refractivity contribution in [3.8, 4) is 0 Å². The number of halogens is 1. The summed E-state index contributed by atoms with van der Waals surface area (Å²) in [5.74, 6) is 0. The zero-order valence-corrected chi connectivity index (χ0v) is 13.1. The van der Waals surface area contributed by atoms with Crippen molar-refractivity contribution in [1.82, 2.24) is 4.90 Å². The fraction of sp³-hybridized carbons (Fsp3) is 0.400. The van der Waals surface area contributed by atoms with Crippen LogP contribution in [0.15, 0.2) is 29.8 Å². The number of allylic oxidation sites excluding steroid dienone is 1. The molecular formula is C15H19ClN2S. The lowest BCUT2D eigenvalue weighted by atomic mass is 10.1. The maximum atomic E-state index is 6.09. The van der Waals surface area contributed by atoms with Gasteiger partial charge in [-0.25, -0.2) is 0 Å². The monoisotopic (exact) mass is 294 g/mol. The molecule has 0 saturated carbocycles. The highest BCUT2D eigenvalue weighted by Gasteiger charge is 2.23. The van der Waals surface area contributed by atoms with Crippen molar-refractivity contribution in [2.24, 2.45) is 0 Å². The number of hydrogen-bond acceptors (Lipinski definition) is 2. The van der Waals surface area contributed by atoms with Gasteiger partial charge in [-0.1, -0.05) is 35.5 Å². The lowest BCUT2D eigenvalue weighted by Crippen LogP contribution is -2.38. The van der Waals surface area contributed by atoms with Crippen molar-refractivity contribution in [2.45, 2.75) is 33.4 Å². The van der Waals surface area contributed by atoms with Crippen molar-refractivity contribution in [2.75, 3.05) is 11.9 Å². The zero-order chi connectivity index (χ0) is 14.0. The van der Waals surface area contributed by atoms with E-state index in [0.29, 0.717) is 0 Å². The number of fused-ring (bicyclic) bond motifs is 1. The van der Waals surface area contributed by atoms with E-state index in [4.69, 9.17) is 23.8 Å². The molecule has 4 heteroatoms. The number of benzene rings is 1. The summed E-state index contributed by atoms with van der Waals surface area (Å²) in [7, 11) is 0. The molecule has 0 aromatic heterocycles. The first-order chi connectivity index (χ1) is 8.97. The van der Waals surface area contributed by atoms with E-state index in [0.717, 1.165) is 28.8 Å². The Hall–Kier alpha value is -0.900. The molecule has 1 N–H and O–H groups in total. The van der Waals surface area contributed by atoms with Gasteiger partial charge in [0, 0.05) is 23.8 Å². The van der Waals surface area contributed by atoms with Crippen molar-refractivity contribution < 1.29 is 0 Å². The second kappa shape index (κ2) is 6.04. The molecule has 1 unspecified atom stereocenters. The molecular weight excluding hydrogens is 276 g/mol. The van der Waals surface area contributed by atoms with Gasteiger partial charge in [0.1, 0.15) is 0 Å². The third kappa shape index (κ3) is 3.56. The predicted octanol–water partition coefficient (Wildman–Crippen LogP) is 4.25. The van der Waals surface area contributed by atoms with Crippen LogP contribution in [0.1, 0.15) is 26.3 Å². The van der Waals surface area contributed by atoms with Crippen LogP contribution in [0.25, 0.3) is 0 Å². The summed E-state index contributed by atoms with van der Waals surface area (Å²) >= 11 is 11.6.